The molecule has 0 radical (unpaired) electrons. The van der Waals surface area contributed by atoms with Crippen molar-refractivity contribution in [3.05, 3.63) is 65.0 Å². The third-order valence-corrected chi connectivity index (χ3v) is 5.66. The first-order valence-corrected chi connectivity index (χ1v) is 10.5. The fraction of sp³-hybridized carbons (Fsp3) is 0.292. The minimum Gasteiger partial charge on any atom is -0.507 e. The van der Waals surface area contributed by atoms with Gasteiger partial charge in [0.2, 0.25) is 6.79 Å². The third kappa shape index (κ3) is 4.52. The van der Waals surface area contributed by atoms with Crippen molar-refractivity contribution in [2.45, 2.75) is 31.7 Å². The fourth-order valence-corrected chi connectivity index (χ4v) is 4.04. The molecular weight excluding hydrogens is 433 g/mol. The Kier molecular flexibility index (Phi) is 6.30. The van der Waals surface area contributed by atoms with E-state index in [-0.39, 0.29) is 30.9 Å². The first kappa shape index (κ1) is 22.3. The lowest BCUT2D eigenvalue weighted by Crippen LogP contribution is -2.30. The number of fused-ring (bicyclic) bond motifs is 1. The summed E-state index contributed by atoms with van der Waals surface area (Å²) in [5.74, 6) is -2.41. The molecule has 2 N–H and O–H groups in total. The topological polar surface area (TPSA) is 113 Å². The molecule has 0 spiro atoms. The summed E-state index contributed by atoms with van der Waals surface area (Å²) in [6.45, 7) is 0.252. The summed E-state index contributed by atoms with van der Waals surface area (Å²) in [6.07, 6.45) is 1.51. The molecule has 0 saturated carbocycles. The maximum absolute atomic E-state index is 13.4. The number of nitrogens with zero attached hydrogens (tertiary/aromatic N) is 1. The van der Waals surface area contributed by atoms with Gasteiger partial charge in [0.1, 0.15) is 11.6 Å². The number of amides is 1. The number of unbranched alkanes of at least 4 members (excludes halogenated alkanes) is 2. The van der Waals surface area contributed by atoms with E-state index in [1.54, 1.807) is 18.2 Å². The highest BCUT2D eigenvalue weighted by atomic mass is 19.1. The number of Topliss-reactive ketones (excluding diaryl/α,β-unsaturated/α-hetero) is 1. The molecule has 2 aliphatic heterocycles. The van der Waals surface area contributed by atoms with E-state index in [0.717, 1.165) is 12.1 Å². The molecule has 9 heteroatoms. The average molecular weight is 455 g/mol. The second-order valence-corrected chi connectivity index (χ2v) is 7.82. The van der Waals surface area contributed by atoms with Gasteiger partial charge in [0.15, 0.2) is 11.5 Å². The summed E-state index contributed by atoms with van der Waals surface area (Å²) < 4.78 is 24.1. The zero-order valence-corrected chi connectivity index (χ0v) is 17.6. The summed E-state index contributed by atoms with van der Waals surface area (Å²) in [7, 11) is 0. The summed E-state index contributed by atoms with van der Waals surface area (Å²) in [5.41, 5.74) is 0.658. The van der Waals surface area contributed by atoms with Gasteiger partial charge < -0.3 is 24.6 Å². The number of ketones is 1. The quantitative estimate of drug-likeness (QED) is 0.270. The predicted molar refractivity (Wildman–Crippen MR) is 114 cm³/mol. The number of hydrogen-bond donors (Lipinski definition) is 2. The van der Waals surface area contributed by atoms with Crippen LogP contribution in [0.3, 0.4) is 0 Å². The van der Waals surface area contributed by atoms with Crippen LogP contribution in [-0.2, 0) is 14.4 Å². The largest absolute Gasteiger partial charge is 0.507 e. The smallest absolute Gasteiger partial charge is 0.303 e. The molecular formula is C24H22FNO7. The standard InChI is InChI=1S/C24H22FNO7/c25-16-8-5-14(6-9-16)22(29)20-21(15-7-10-17-18(12-15)33-13-32-17)26(24(31)23(20)30)11-3-1-2-4-19(27)28/h5-10,12,21,29H,1-4,11,13H2,(H,27,28)/t21-/m1/s1. The van der Waals surface area contributed by atoms with Gasteiger partial charge in [-0.1, -0.05) is 12.5 Å². The second-order valence-electron chi connectivity index (χ2n) is 7.82. The van der Waals surface area contributed by atoms with E-state index in [2.05, 4.69) is 0 Å². The van der Waals surface area contributed by atoms with E-state index in [1.165, 1.54) is 17.0 Å². The van der Waals surface area contributed by atoms with Crippen LogP contribution in [0.2, 0.25) is 0 Å². The van der Waals surface area contributed by atoms with Crippen molar-refractivity contribution in [1.29, 1.82) is 0 Å². The summed E-state index contributed by atoms with van der Waals surface area (Å²) in [5, 5.41) is 19.8. The van der Waals surface area contributed by atoms with Crippen LogP contribution in [0.4, 0.5) is 4.39 Å². The molecule has 1 amide bonds. The number of carboxylic acids is 1. The number of carbonyl (C=O) groups is 3. The number of aliphatic carboxylic acids is 1. The molecule has 0 aromatic heterocycles. The minimum absolute atomic E-state index is 0.0228. The molecule has 2 aromatic rings. The maximum Gasteiger partial charge on any atom is 0.303 e. The first-order valence-electron chi connectivity index (χ1n) is 10.5. The zero-order chi connectivity index (χ0) is 23.5. The van der Waals surface area contributed by atoms with Gasteiger partial charge >= 0.3 is 5.97 Å². The van der Waals surface area contributed by atoms with Gasteiger partial charge in [-0.15, -0.1) is 0 Å². The molecule has 0 bridgehead atoms. The first-order chi connectivity index (χ1) is 15.9. The van der Waals surface area contributed by atoms with Crippen LogP contribution in [0.5, 0.6) is 11.5 Å². The number of ether oxygens (including phenoxy) is 2. The highest BCUT2D eigenvalue weighted by molar-refractivity contribution is 6.46. The van der Waals surface area contributed by atoms with Gasteiger partial charge in [0.05, 0.1) is 11.6 Å². The van der Waals surface area contributed by atoms with Crippen molar-refractivity contribution in [2.75, 3.05) is 13.3 Å². The van der Waals surface area contributed by atoms with Gasteiger partial charge in [-0.2, -0.15) is 0 Å². The summed E-state index contributed by atoms with van der Waals surface area (Å²) in [6, 6.07) is 9.12. The Morgan fingerprint density at radius 2 is 1.73 bits per heavy atom. The number of benzene rings is 2. The average Bonchev–Trinajstić information content (AvgIpc) is 3.36. The van der Waals surface area contributed by atoms with Gasteiger partial charge in [0.25, 0.3) is 11.7 Å². The number of aliphatic hydroxyl groups is 1. The molecule has 33 heavy (non-hydrogen) atoms. The lowest BCUT2D eigenvalue weighted by atomic mass is 9.95. The van der Waals surface area contributed by atoms with Crippen LogP contribution in [-0.4, -0.2) is 46.1 Å². The lowest BCUT2D eigenvalue weighted by Gasteiger charge is -2.25. The van der Waals surface area contributed by atoms with E-state index < -0.39 is 35.3 Å². The van der Waals surface area contributed by atoms with Gasteiger partial charge in [-0.3, -0.25) is 14.4 Å². The third-order valence-electron chi connectivity index (χ3n) is 5.66. The van der Waals surface area contributed by atoms with E-state index in [0.29, 0.717) is 36.3 Å². The Balaban J connectivity index is 1.70. The predicted octanol–water partition coefficient (Wildman–Crippen LogP) is 3.62. The van der Waals surface area contributed by atoms with Crippen molar-refractivity contribution < 1.29 is 38.5 Å². The number of carbonyl (C=O) groups excluding carboxylic acids is 2. The van der Waals surface area contributed by atoms with Gasteiger partial charge in [0, 0.05) is 18.5 Å². The summed E-state index contributed by atoms with van der Waals surface area (Å²) >= 11 is 0. The van der Waals surface area contributed by atoms with Crippen molar-refractivity contribution in [3.8, 4) is 11.5 Å². The molecule has 0 aliphatic carbocycles. The lowest BCUT2D eigenvalue weighted by molar-refractivity contribution is -0.140. The number of rotatable bonds is 8. The maximum atomic E-state index is 13.4. The van der Waals surface area contributed by atoms with Crippen molar-refractivity contribution in [1.82, 2.24) is 4.90 Å². The SMILES string of the molecule is O=C(O)CCCCCN1C(=O)C(=O)C(=C(O)c2ccc(F)cc2)[C@H]1c1ccc2c(c1)OCO2. The highest BCUT2D eigenvalue weighted by Crippen LogP contribution is 2.43. The van der Waals surface area contributed by atoms with Crippen LogP contribution in [0, 0.1) is 5.82 Å². The molecule has 2 aromatic carbocycles. The highest BCUT2D eigenvalue weighted by Gasteiger charge is 2.46. The fourth-order valence-electron chi connectivity index (χ4n) is 4.04. The molecule has 0 unspecified atom stereocenters. The van der Waals surface area contributed by atoms with E-state index in [4.69, 9.17) is 14.6 Å². The molecule has 8 nitrogen and oxygen atoms in total. The number of carboxylic acid groups (broad SMARTS) is 1. The molecule has 1 saturated heterocycles. The van der Waals surface area contributed by atoms with E-state index in [9.17, 15) is 23.9 Å². The number of hydrogen-bond acceptors (Lipinski definition) is 6. The monoisotopic (exact) mass is 455 g/mol. The van der Waals surface area contributed by atoms with Crippen molar-refractivity contribution >= 4 is 23.4 Å². The van der Waals surface area contributed by atoms with Crippen LogP contribution in [0.1, 0.15) is 42.9 Å². The van der Waals surface area contributed by atoms with Crippen LogP contribution < -0.4 is 9.47 Å². The molecule has 2 aliphatic rings. The van der Waals surface area contributed by atoms with Crippen LogP contribution >= 0.6 is 0 Å². The molecule has 4 rings (SSSR count). The van der Waals surface area contributed by atoms with E-state index >= 15 is 0 Å². The number of halogens is 1. The Morgan fingerprint density at radius 3 is 2.45 bits per heavy atom. The number of aliphatic hydroxyl groups excluding tert-OH is 1. The normalized spacial score (nSPS) is 18.7. The molecule has 2 heterocycles. The molecule has 172 valence electrons. The molecule has 1 atom stereocenters. The Hall–Kier alpha value is -3.88. The van der Waals surface area contributed by atoms with Crippen molar-refractivity contribution in [3.63, 3.8) is 0 Å². The Labute approximate surface area is 188 Å². The van der Waals surface area contributed by atoms with Crippen molar-refractivity contribution in [2.24, 2.45) is 0 Å². The van der Waals surface area contributed by atoms with E-state index in [1.807, 2.05) is 0 Å². The van der Waals surface area contributed by atoms with Gasteiger partial charge in [-0.25, -0.2) is 4.39 Å². The van der Waals surface area contributed by atoms with Crippen LogP contribution in [0.15, 0.2) is 48.0 Å². The Bertz CT molecular complexity index is 1130. The summed E-state index contributed by atoms with van der Waals surface area (Å²) in [4.78, 5) is 38.0. The number of likely N-dealkylation sites (tertiary alicyclic amines) is 1. The van der Waals surface area contributed by atoms with Crippen LogP contribution in [0.25, 0.3) is 5.76 Å². The zero-order valence-electron chi connectivity index (χ0n) is 17.6. The van der Waals surface area contributed by atoms with Gasteiger partial charge in [-0.05, 0) is 54.8 Å². The molecule has 1 fully saturated rings. The Morgan fingerprint density at radius 1 is 1.00 bits per heavy atom. The second kappa shape index (κ2) is 9.32. The minimum atomic E-state index is -0.893.